The lowest BCUT2D eigenvalue weighted by molar-refractivity contribution is -0.121. The van der Waals surface area contributed by atoms with Gasteiger partial charge in [-0.05, 0) is 75.4 Å². The number of nitrogens with one attached hydrogen (secondary N) is 1. The van der Waals surface area contributed by atoms with Crippen LogP contribution in [0.25, 0.3) is 11.4 Å². The summed E-state index contributed by atoms with van der Waals surface area (Å²) in [7, 11) is 1.96. The average Bonchev–Trinajstić information content (AvgIpc) is 3.20. The van der Waals surface area contributed by atoms with E-state index in [-0.39, 0.29) is 17.2 Å². The zero-order chi connectivity index (χ0) is 23.4. The number of aryl methyl sites for hydroxylation is 1. The van der Waals surface area contributed by atoms with Gasteiger partial charge in [0.05, 0.1) is 11.3 Å². The van der Waals surface area contributed by atoms with Crippen molar-refractivity contribution in [1.82, 2.24) is 20.1 Å². The van der Waals surface area contributed by atoms with Crippen molar-refractivity contribution in [2.75, 3.05) is 18.0 Å². The van der Waals surface area contributed by atoms with Crippen molar-refractivity contribution < 1.29 is 4.79 Å². The van der Waals surface area contributed by atoms with Gasteiger partial charge in [-0.2, -0.15) is 0 Å². The van der Waals surface area contributed by atoms with Gasteiger partial charge in [0.15, 0.2) is 11.0 Å². The van der Waals surface area contributed by atoms with Crippen LogP contribution in [0.4, 0.5) is 5.69 Å². The summed E-state index contributed by atoms with van der Waals surface area (Å²) >= 11 is 1.45. The van der Waals surface area contributed by atoms with Gasteiger partial charge in [-0.1, -0.05) is 36.0 Å². The van der Waals surface area contributed by atoms with E-state index in [0.717, 1.165) is 48.9 Å². The third kappa shape index (κ3) is 5.08. The molecule has 0 saturated carbocycles. The predicted octanol–water partition coefficient (Wildman–Crippen LogP) is 5.00. The van der Waals surface area contributed by atoms with Gasteiger partial charge in [0.25, 0.3) is 0 Å². The van der Waals surface area contributed by atoms with Crippen LogP contribution in [0, 0.1) is 0 Å². The molecule has 1 heterocycles. The van der Waals surface area contributed by atoms with Crippen LogP contribution in [0.1, 0.15) is 50.8 Å². The molecule has 6 nitrogen and oxygen atoms in total. The number of hydrogen-bond acceptors (Lipinski definition) is 5. The van der Waals surface area contributed by atoms with Crippen LogP contribution >= 0.6 is 11.8 Å². The number of rotatable bonds is 8. The molecule has 0 radical (unpaired) electrons. The molecule has 7 heteroatoms. The Morgan fingerprint density at radius 2 is 1.88 bits per heavy atom. The van der Waals surface area contributed by atoms with E-state index in [9.17, 15) is 4.79 Å². The van der Waals surface area contributed by atoms with E-state index in [2.05, 4.69) is 82.8 Å². The van der Waals surface area contributed by atoms with E-state index >= 15 is 0 Å². The first-order chi connectivity index (χ1) is 16.0. The maximum absolute atomic E-state index is 13.0. The number of thioether (sulfide) groups is 1. The zero-order valence-electron chi connectivity index (χ0n) is 19.9. The van der Waals surface area contributed by atoms with Gasteiger partial charge in [0.1, 0.15) is 0 Å². The first-order valence-electron chi connectivity index (χ1n) is 11.8. The Kier molecular flexibility index (Phi) is 7.38. The molecule has 2 aromatic carbocycles. The second-order valence-corrected chi connectivity index (χ2v) is 9.80. The summed E-state index contributed by atoms with van der Waals surface area (Å²) in [6, 6.07) is 16.9. The number of hydrogen-bond donors (Lipinski definition) is 1. The highest BCUT2D eigenvalue weighted by molar-refractivity contribution is 8.00. The summed E-state index contributed by atoms with van der Waals surface area (Å²) in [6.07, 6.45) is 3.17. The van der Waals surface area contributed by atoms with E-state index in [1.54, 1.807) is 0 Å². The molecule has 0 spiro atoms. The molecule has 0 saturated heterocycles. The maximum atomic E-state index is 13.0. The second-order valence-electron chi connectivity index (χ2n) is 8.50. The summed E-state index contributed by atoms with van der Waals surface area (Å²) in [5.41, 5.74) is 4.82. The molecular formula is C26H33N5OS. The maximum Gasteiger partial charge on any atom is 0.233 e. The van der Waals surface area contributed by atoms with Gasteiger partial charge in [0.2, 0.25) is 5.91 Å². The molecule has 1 aliphatic carbocycles. The number of carbonyl (C=O) groups excluding carboxylic acids is 1. The van der Waals surface area contributed by atoms with Gasteiger partial charge in [0, 0.05) is 31.4 Å². The highest BCUT2D eigenvalue weighted by Gasteiger charge is 2.25. The predicted molar refractivity (Wildman–Crippen MR) is 136 cm³/mol. The van der Waals surface area contributed by atoms with Gasteiger partial charge in [-0.15, -0.1) is 10.2 Å². The molecular weight excluding hydrogens is 430 g/mol. The standard InChI is InChI=1S/C26H33N5OS/c1-5-31(6-2)21-16-14-20(15-17-21)24-28-29-26(30(24)4)33-18(3)25(32)27-23-13-9-11-19-10-7-8-12-22(19)23/h7-8,10,12,14-18,23H,5-6,9,11,13H2,1-4H3,(H,27,32). The van der Waals surface area contributed by atoms with E-state index in [0.29, 0.717) is 0 Å². The van der Waals surface area contributed by atoms with Crippen molar-refractivity contribution in [3.63, 3.8) is 0 Å². The third-order valence-corrected chi connectivity index (χ3v) is 7.56. The van der Waals surface area contributed by atoms with Crippen molar-refractivity contribution in [3.05, 3.63) is 59.7 Å². The summed E-state index contributed by atoms with van der Waals surface area (Å²) in [5.74, 6) is 0.840. The van der Waals surface area contributed by atoms with Crippen LogP contribution in [-0.2, 0) is 18.3 Å². The molecule has 3 aromatic rings. The minimum Gasteiger partial charge on any atom is -0.372 e. The van der Waals surface area contributed by atoms with Crippen molar-refractivity contribution in [1.29, 1.82) is 0 Å². The molecule has 1 N–H and O–H groups in total. The molecule has 2 unspecified atom stereocenters. The summed E-state index contributed by atoms with van der Waals surface area (Å²) in [5, 5.41) is 12.5. The topological polar surface area (TPSA) is 63.1 Å². The number of amides is 1. The van der Waals surface area contributed by atoms with Gasteiger partial charge in [-0.25, -0.2) is 0 Å². The normalized spacial score (nSPS) is 16.2. The molecule has 0 aliphatic heterocycles. The molecule has 0 fully saturated rings. The van der Waals surface area contributed by atoms with Crippen LogP contribution in [0.15, 0.2) is 53.7 Å². The summed E-state index contributed by atoms with van der Waals surface area (Å²) in [4.78, 5) is 15.3. The summed E-state index contributed by atoms with van der Waals surface area (Å²) in [6.45, 7) is 8.21. The molecule has 0 bridgehead atoms. The number of carbonyl (C=O) groups is 1. The second kappa shape index (κ2) is 10.4. The number of aromatic nitrogens is 3. The molecule has 174 valence electrons. The van der Waals surface area contributed by atoms with Crippen molar-refractivity contribution in [2.45, 2.75) is 56.5 Å². The molecule has 1 aromatic heterocycles. The van der Waals surface area contributed by atoms with Gasteiger partial charge >= 0.3 is 0 Å². The lowest BCUT2D eigenvalue weighted by Crippen LogP contribution is -2.36. The van der Waals surface area contributed by atoms with E-state index in [1.165, 1.54) is 28.6 Å². The van der Waals surface area contributed by atoms with Crippen LogP contribution in [0.3, 0.4) is 0 Å². The SMILES string of the molecule is CCN(CC)c1ccc(-c2nnc(SC(C)C(=O)NC3CCCc4ccccc43)n2C)cc1. The van der Waals surface area contributed by atoms with Gasteiger partial charge in [-0.3, -0.25) is 4.79 Å². The fourth-order valence-electron chi connectivity index (χ4n) is 4.48. The minimum atomic E-state index is -0.264. The van der Waals surface area contributed by atoms with E-state index in [4.69, 9.17) is 0 Å². The Morgan fingerprint density at radius 1 is 1.15 bits per heavy atom. The molecule has 1 amide bonds. The van der Waals surface area contributed by atoms with Crippen LogP contribution in [0.2, 0.25) is 0 Å². The van der Waals surface area contributed by atoms with E-state index in [1.807, 2.05) is 18.5 Å². The van der Waals surface area contributed by atoms with Crippen molar-refractivity contribution in [3.8, 4) is 11.4 Å². The van der Waals surface area contributed by atoms with Crippen molar-refractivity contribution >= 4 is 23.4 Å². The highest BCUT2D eigenvalue weighted by atomic mass is 32.2. The largest absolute Gasteiger partial charge is 0.372 e. The molecule has 4 rings (SSSR count). The average molecular weight is 464 g/mol. The monoisotopic (exact) mass is 463 g/mol. The number of fused-ring (bicyclic) bond motifs is 1. The Labute approximate surface area is 200 Å². The lowest BCUT2D eigenvalue weighted by Gasteiger charge is -2.27. The van der Waals surface area contributed by atoms with Crippen LogP contribution in [-0.4, -0.2) is 39.0 Å². The van der Waals surface area contributed by atoms with Crippen LogP contribution in [0.5, 0.6) is 0 Å². The minimum absolute atomic E-state index is 0.0369. The fourth-order valence-corrected chi connectivity index (χ4v) is 5.31. The number of benzene rings is 2. The van der Waals surface area contributed by atoms with Crippen molar-refractivity contribution in [2.24, 2.45) is 7.05 Å². The first-order valence-corrected chi connectivity index (χ1v) is 12.7. The summed E-state index contributed by atoms with van der Waals surface area (Å²) < 4.78 is 1.97. The number of anilines is 1. The van der Waals surface area contributed by atoms with E-state index < -0.39 is 0 Å². The quantitative estimate of drug-likeness (QED) is 0.476. The Hall–Kier alpha value is -2.80. The lowest BCUT2D eigenvalue weighted by atomic mass is 9.88. The third-order valence-electron chi connectivity index (χ3n) is 6.43. The highest BCUT2D eigenvalue weighted by Crippen LogP contribution is 2.31. The fraction of sp³-hybridized carbons (Fsp3) is 0.423. The Morgan fingerprint density at radius 3 is 2.61 bits per heavy atom. The first kappa shape index (κ1) is 23.4. The molecule has 33 heavy (non-hydrogen) atoms. The van der Waals surface area contributed by atoms with Crippen LogP contribution < -0.4 is 10.2 Å². The smallest absolute Gasteiger partial charge is 0.233 e. The zero-order valence-corrected chi connectivity index (χ0v) is 20.7. The molecule has 2 atom stereocenters. The molecule has 1 aliphatic rings. The van der Waals surface area contributed by atoms with Gasteiger partial charge < -0.3 is 14.8 Å². The Bertz CT molecular complexity index is 1090. The number of nitrogens with zero attached hydrogens (tertiary/aromatic N) is 4. The Balaban J connectivity index is 1.42.